The molecule has 0 radical (unpaired) electrons. The first-order valence-corrected chi connectivity index (χ1v) is 12.0. The van der Waals surface area contributed by atoms with E-state index in [0.717, 1.165) is 4.47 Å². The van der Waals surface area contributed by atoms with Crippen LogP contribution in [0.25, 0.3) is 0 Å². The SMILES string of the molecule is CCOc1cc(/C=N\NC(=O)[C@@H](C)Oc2ccc(Br)cc2)ccc1OC(=O)c1ccc(Cl)cc1Cl. The maximum atomic E-state index is 12.6. The third-order valence-corrected chi connectivity index (χ3v) is 5.58. The molecular weight excluding hydrogens is 559 g/mol. The van der Waals surface area contributed by atoms with Crippen LogP contribution in [0.3, 0.4) is 0 Å². The van der Waals surface area contributed by atoms with Gasteiger partial charge in [0.2, 0.25) is 0 Å². The second-order valence-electron chi connectivity index (χ2n) is 7.10. The van der Waals surface area contributed by atoms with E-state index in [1.165, 1.54) is 18.3 Å². The second-order valence-corrected chi connectivity index (χ2v) is 8.86. The zero-order valence-electron chi connectivity index (χ0n) is 18.8. The normalized spacial score (nSPS) is 11.7. The summed E-state index contributed by atoms with van der Waals surface area (Å²) < 4.78 is 17.6. The van der Waals surface area contributed by atoms with E-state index in [1.54, 1.807) is 50.2 Å². The van der Waals surface area contributed by atoms with Crippen LogP contribution in [0.1, 0.15) is 29.8 Å². The molecule has 3 aromatic rings. The highest BCUT2D eigenvalue weighted by Crippen LogP contribution is 2.30. The van der Waals surface area contributed by atoms with Crippen molar-refractivity contribution in [2.24, 2.45) is 5.10 Å². The number of halogens is 3. The lowest BCUT2D eigenvalue weighted by atomic mass is 10.2. The summed E-state index contributed by atoms with van der Waals surface area (Å²) in [6.07, 6.45) is 0.683. The largest absolute Gasteiger partial charge is 0.490 e. The molecule has 1 N–H and O–H groups in total. The topological polar surface area (TPSA) is 86.2 Å². The van der Waals surface area contributed by atoms with E-state index < -0.39 is 18.0 Å². The number of nitrogens with one attached hydrogen (secondary N) is 1. The van der Waals surface area contributed by atoms with Gasteiger partial charge in [0.15, 0.2) is 17.6 Å². The highest BCUT2D eigenvalue weighted by Gasteiger charge is 2.17. The first-order valence-electron chi connectivity index (χ1n) is 10.5. The molecule has 3 aromatic carbocycles. The van der Waals surface area contributed by atoms with Gasteiger partial charge < -0.3 is 14.2 Å². The van der Waals surface area contributed by atoms with Crippen molar-refractivity contribution in [3.05, 3.63) is 86.3 Å². The molecule has 182 valence electrons. The van der Waals surface area contributed by atoms with Crippen LogP contribution >= 0.6 is 39.1 Å². The summed E-state index contributed by atoms with van der Waals surface area (Å²) in [7, 11) is 0. The average molecular weight is 580 g/mol. The summed E-state index contributed by atoms with van der Waals surface area (Å²) in [5, 5.41) is 4.56. The van der Waals surface area contributed by atoms with E-state index in [0.29, 0.717) is 28.7 Å². The molecular formula is C25H21BrCl2N2O5. The van der Waals surface area contributed by atoms with E-state index in [-0.39, 0.29) is 16.3 Å². The van der Waals surface area contributed by atoms with Crippen LogP contribution in [0, 0.1) is 0 Å². The molecule has 7 nitrogen and oxygen atoms in total. The van der Waals surface area contributed by atoms with Gasteiger partial charge in [-0.15, -0.1) is 0 Å². The van der Waals surface area contributed by atoms with Gasteiger partial charge in [-0.3, -0.25) is 4.79 Å². The van der Waals surface area contributed by atoms with Crippen LogP contribution in [0.5, 0.6) is 17.2 Å². The minimum atomic E-state index is -0.756. The monoisotopic (exact) mass is 578 g/mol. The van der Waals surface area contributed by atoms with E-state index >= 15 is 0 Å². The van der Waals surface area contributed by atoms with Crippen LogP contribution in [0.15, 0.2) is 70.2 Å². The number of ether oxygens (including phenoxy) is 3. The van der Waals surface area contributed by atoms with Crippen molar-refractivity contribution < 1.29 is 23.8 Å². The molecule has 0 spiro atoms. The van der Waals surface area contributed by atoms with Gasteiger partial charge >= 0.3 is 5.97 Å². The Balaban J connectivity index is 1.64. The number of benzene rings is 3. The molecule has 0 heterocycles. The van der Waals surface area contributed by atoms with Crippen molar-refractivity contribution >= 4 is 57.2 Å². The fourth-order valence-corrected chi connectivity index (χ4v) is 3.55. The fraction of sp³-hybridized carbons (Fsp3) is 0.160. The zero-order valence-corrected chi connectivity index (χ0v) is 21.9. The van der Waals surface area contributed by atoms with Gasteiger partial charge in [-0.2, -0.15) is 5.10 Å². The summed E-state index contributed by atoms with van der Waals surface area (Å²) in [6.45, 7) is 3.76. The number of amides is 1. The summed E-state index contributed by atoms with van der Waals surface area (Å²) in [6, 6.07) is 16.5. The molecule has 0 saturated carbocycles. The standard InChI is InChI=1S/C25H21BrCl2N2O5/c1-3-33-23-12-16(4-11-22(23)35-25(32)20-10-7-18(27)13-21(20)28)14-29-30-24(31)15(2)34-19-8-5-17(26)6-9-19/h4-15H,3H2,1-2H3,(H,30,31)/b29-14-/t15-/m1/s1. The van der Waals surface area contributed by atoms with E-state index in [1.807, 2.05) is 12.1 Å². The smallest absolute Gasteiger partial charge is 0.345 e. The Labute approximate surface area is 221 Å². The Morgan fingerprint density at radius 3 is 2.49 bits per heavy atom. The molecule has 0 aromatic heterocycles. The molecule has 0 bridgehead atoms. The number of esters is 1. The Hall–Kier alpha value is -3.07. The van der Waals surface area contributed by atoms with Gasteiger partial charge in [0.1, 0.15) is 5.75 Å². The van der Waals surface area contributed by atoms with E-state index in [9.17, 15) is 9.59 Å². The summed E-state index contributed by atoms with van der Waals surface area (Å²) in [4.78, 5) is 24.8. The number of nitrogens with zero attached hydrogens (tertiary/aromatic N) is 1. The molecule has 0 saturated heterocycles. The predicted octanol–water partition coefficient (Wildman–Crippen LogP) is 6.29. The fourth-order valence-electron chi connectivity index (χ4n) is 2.80. The molecule has 35 heavy (non-hydrogen) atoms. The second kappa shape index (κ2) is 12.6. The van der Waals surface area contributed by atoms with Crippen molar-refractivity contribution in [1.82, 2.24) is 5.43 Å². The first kappa shape index (κ1) is 26.5. The third kappa shape index (κ3) is 7.71. The first-order chi connectivity index (χ1) is 16.8. The molecule has 1 atom stereocenters. The van der Waals surface area contributed by atoms with Crippen molar-refractivity contribution in [2.75, 3.05) is 6.61 Å². The van der Waals surface area contributed by atoms with Gasteiger partial charge in [-0.25, -0.2) is 10.2 Å². The van der Waals surface area contributed by atoms with E-state index in [4.69, 9.17) is 37.4 Å². The number of hydrogen-bond donors (Lipinski definition) is 1. The molecule has 10 heteroatoms. The van der Waals surface area contributed by atoms with Crippen LogP contribution in [0.2, 0.25) is 10.0 Å². The number of carbonyl (C=O) groups is 2. The Morgan fingerprint density at radius 2 is 1.80 bits per heavy atom. The van der Waals surface area contributed by atoms with Gasteiger partial charge in [-0.05, 0) is 80.1 Å². The van der Waals surface area contributed by atoms with Gasteiger partial charge in [0.25, 0.3) is 5.91 Å². The number of carbonyl (C=O) groups excluding carboxylic acids is 2. The highest BCUT2D eigenvalue weighted by atomic mass is 79.9. The molecule has 0 unspecified atom stereocenters. The van der Waals surface area contributed by atoms with Crippen molar-refractivity contribution in [3.63, 3.8) is 0 Å². The molecule has 3 rings (SSSR count). The van der Waals surface area contributed by atoms with Crippen LogP contribution in [-0.2, 0) is 4.79 Å². The Bertz CT molecular complexity index is 1240. The lowest BCUT2D eigenvalue weighted by molar-refractivity contribution is -0.127. The summed E-state index contributed by atoms with van der Waals surface area (Å²) >= 11 is 15.3. The van der Waals surface area contributed by atoms with Crippen molar-refractivity contribution in [1.29, 1.82) is 0 Å². The predicted molar refractivity (Wildman–Crippen MR) is 139 cm³/mol. The molecule has 0 aliphatic carbocycles. The maximum Gasteiger partial charge on any atom is 0.345 e. The Morgan fingerprint density at radius 1 is 1.06 bits per heavy atom. The third-order valence-electron chi connectivity index (χ3n) is 4.51. The quantitative estimate of drug-likeness (QED) is 0.139. The molecule has 0 aliphatic heterocycles. The van der Waals surface area contributed by atoms with Gasteiger partial charge in [-0.1, -0.05) is 39.1 Å². The zero-order chi connectivity index (χ0) is 25.4. The van der Waals surface area contributed by atoms with Crippen LogP contribution in [0.4, 0.5) is 0 Å². The number of hydrazone groups is 1. The number of rotatable bonds is 9. The molecule has 0 aliphatic rings. The lowest BCUT2D eigenvalue weighted by Crippen LogP contribution is -2.33. The maximum absolute atomic E-state index is 12.6. The summed E-state index contributed by atoms with van der Waals surface area (Å²) in [5.41, 5.74) is 3.22. The average Bonchev–Trinajstić information content (AvgIpc) is 2.82. The van der Waals surface area contributed by atoms with Crippen molar-refractivity contribution in [3.8, 4) is 17.2 Å². The van der Waals surface area contributed by atoms with Crippen LogP contribution < -0.4 is 19.6 Å². The minimum absolute atomic E-state index is 0.173. The van der Waals surface area contributed by atoms with Gasteiger partial charge in [0, 0.05) is 9.50 Å². The highest BCUT2D eigenvalue weighted by molar-refractivity contribution is 9.10. The van der Waals surface area contributed by atoms with Crippen LogP contribution in [-0.4, -0.2) is 30.8 Å². The molecule has 1 amide bonds. The summed E-state index contributed by atoms with van der Waals surface area (Å²) in [5.74, 6) is 0.0283. The number of hydrogen-bond acceptors (Lipinski definition) is 6. The minimum Gasteiger partial charge on any atom is -0.490 e. The van der Waals surface area contributed by atoms with E-state index in [2.05, 4.69) is 26.5 Å². The van der Waals surface area contributed by atoms with Gasteiger partial charge in [0.05, 0.1) is 23.4 Å². The molecule has 0 fully saturated rings. The lowest BCUT2D eigenvalue weighted by Gasteiger charge is -2.13. The Kier molecular flexibility index (Phi) is 9.54. The van der Waals surface area contributed by atoms with Crippen molar-refractivity contribution in [2.45, 2.75) is 20.0 Å².